The molecule has 2 aliphatic rings. The Bertz CT molecular complexity index is 308. The van der Waals surface area contributed by atoms with Crippen molar-refractivity contribution in [3.8, 4) is 0 Å². The van der Waals surface area contributed by atoms with Gasteiger partial charge in [-0.15, -0.1) is 0 Å². The molecule has 1 saturated carbocycles. The van der Waals surface area contributed by atoms with Gasteiger partial charge in [0.15, 0.2) is 0 Å². The van der Waals surface area contributed by atoms with Crippen LogP contribution in [0.2, 0.25) is 0 Å². The second-order valence-electron chi connectivity index (χ2n) is 6.62. The molecule has 0 bridgehead atoms. The van der Waals surface area contributed by atoms with E-state index in [2.05, 4.69) is 0 Å². The summed E-state index contributed by atoms with van der Waals surface area (Å²) in [5.41, 5.74) is 12.3. The highest BCUT2D eigenvalue weighted by molar-refractivity contribution is 5.82. The number of carbonyl (C=O) groups is 1. The fourth-order valence-electron chi connectivity index (χ4n) is 3.28. The van der Waals surface area contributed by atoms with Crippen molar-refractivity contribution in [2.45, 2.75) is 58.0 Å². The van der Waals surface area contributed by atoms with Gasteiger partial charge in [0.2, 0.25) is 5.91 Å². The largest absolute Gasteiger partial charge is 0.341 e. The molecule has 1 heterocycles. The maximum atomic E-state index is 12.3. The molecule has 2 rings (SSSR count). The third-order valence-corrected chi connectivity index (χ3v) is 4.84. The first-order valence-electron chi connectivity index (χ1n) is 7.23. The van der Waals surface area contributed by atoms with Crippen LogP contribution >= 0.6 is 0 Å². The molecule has 2 fully saturated rings. The third-order valence-electron chi connectivity index (χ3n) is 4.84. The first-order valence-corrected chi connectivity index (χ1v) is 7.23. The van der Waals surface area contributed by atoms with E-state index in [-0.39, 0.29) is 17.9 Å². The Hall–Kier alpha value is -0.610. The minimum Gasteiger partial charge on any atom is -0.341 e. The second-order valence-corrected chi connectivity index (χ2v) is 6.62. The zero-order chi connectivity index (χ0) is 13.3. The van der Waals surface area contributed by atoms with Crippen LogP contribution in [0.4, 0.5) is 0 Å². The summed E-state index contributed by atoms with van der Waals surface area (Å²) in [6.07, 6.45) is 5.70. The zero-order valence-electron chi connectivity index (χ0n) is 11.7. The van der Waals surface area contributed by atoms with E-state index in [0.717, 1.165) is 32.4 Å². The molecule has 4 N–H and O–H groups in total. The molecule has 1 unspecified atom stereocenters. The van der Waals surface area contributed by atoms with Crippen molar-refractivity contribution in [2.24, 2.45) is 22.8 Å². The van der Waals surface area contributed by atoms with Gasteiger partial charge in [-0.25, -0.2) is 0 Å². The van der Waals surface area contributed by atoms with Gasteiger partial charge in [0.25, 0.3) is 0 Å². The molecule has 1 spiro atoms. The molecular weight excluding hydrogens is 226 g/mol. The van der Waals surface area contributed by atoms with E-state index in [1.54, 1.807) is 0 Å². The highest BCUT2D eigenvalue weighted by atomic mass is 16.2. The van der Waals surface area contributed by atoms with Gasteiger partial charge >= 0.3 is 0 Å². The van der Waals surface area contributed by atoms with Crippen molar-refractivity contribution in [2.75, 3.05) is 13.1 Å². The monoisotopic (exact) mass is 253 g/mol. The van der Waals surface area contributed by atoms with Gasteiger partial charge in [0.05, 0.1) is 6.04 Å². The van der Waals surface area contributed by atoms with Crippen LogP contribution in [0.25, 0.3) is 0 Å². The summed E-state index contributed by atoms with van der Waals surface area (Å²) in [4.78, 5) is 14.2. The maximum Gasteiger partial charge on any atom is 0.239 e. The van der Waals surface area contributed by atoms with E-state index in [9.17, 15) is 4.79 Å². The lowest BCUT2D eigenvalue weighted by Crippen LogP contribution is -2.46. The Morgan fingerprint density at radius 1 is 1.28 bits per heavy atom. The van der Waals surface area contributed by atoms with Gasteiger partial charge in [0, 0.05) is 19.1 Å². The van der Waals surface area contributed by atoms with Crippen molar-refractivity contribution in [3.63, 3.8) is 0 Å². The highest BCUT2D eigenvalue weighted by Crippen LogP contribution is 2.43. The zero-order valence-corrected chi connectivity index (χ0v) is 11.7. The van der Waals surface area contributed by atoms with E-state index >= 15 is 0 Å². The Labute approximate surface area is 110 Å². The molecule has 0 aromatic heterocycles. The molecular formula is C14H27N3O. The highest BCUT2D eigenvalue weighted by Gasteiger charge is 2.42. The van der Waals surface area contributed by atoms with Gasteiger partial charge in [-0.2, -0.15) is 0 Å². The predicted octanol–water partition coefficient (Wildman–Crippen LogP) is 1.09. The fourth-order valence-corrected chi connectivity index (χ4v) is 3.28. The summed E-state index contributed by atoms with van der Waals surface area (Å²) in [6.45, 7) is 5.80. The number of hydrogen-bond acceptors (Lipinski definition) is 3. The van der Waals surface area contributed by atoms with Crippen molar-refractivity contribution < 1.29 is 4.79 Å². The smallest absolute Gasteiger partial charge is 0.239 e. The van der Waals surface area contributed by atoms with Gasteiger partial charge in [-0.3, -0.25) is 4.79 Å². The van der Waals surface area contributed by atoms with Crippen molar-refractivity contribution in [1.29, 1.82) is 0 Å². The molecule has 1 atom stereocenters. The lowest BCUT2D eigenvalue weighted by molar-refractivity contribution is -0.133. The van der Waals surface area contributed by atoms with Crippen LogP contribution in [0.3, 0.4) is 0 Å². The number of nitrogens with two attached hydrogens (primary N) is 2. The average molecular weight is 253 g/mol. The predicted molar refractivity (Wildman–Crippen MR) is 72.9 cm³/mol. The van der Waals surface area contributed by atoms with Crippen LogP contribution in [-0.2, 0) is 4.79 Å². The number of rotatable bonds is 2. The molecule has 0 aromatic carbocycles. The number of likely N-dealkylation sites (tertiary alicyclic amines) is 1. The normalized spacial score (nSPS) is 34.3. The quantitative estimate of drug-likeness (QED) is 0.774. The topological polar surface area (TPSA) is 72.4 Å². The van der Waals surface area contributed by atoms with Crippen LogP contribution in [-0.4, -0.2) is 36.0 Å². The summed E-state index contributed by atoms with van der Waals surface area (Å²) in [5, 5.41) is 0. The third kappa shape index (κ3) is 2.69. The van der Waals surface area contributed by atoms with E-state index < -0.39 is 0 Å². The first kappa shape index (κ1) is 13.8. The van der Waals surface area contributed by atoms with Crippen LogP contribution in [0.1, 0.15) is 46.0 Å². The Kier molecular flexibility index (Phi) is 3.97. The minimum atomic E-state index is -0.342. The summed E-state index contributed by atoms with van der Waals surface area (Å²) >= 11 is 0. The number of hydrogen-bond donors (Lipinski definition) is 2. The molecule has 1 saturated heterocycles. The molecule has 4 heteroatoms. The van der Waals surface area contributed by atoms with Crippen LogP contribution in [0.15, 0.2) is 0 Å². The lowest BCUT2D eigenvalue weighted by atomic mass is 9.72. The van der Waals surface area contributed by atoms with E-state index in [0.29, 0.717) is 11.5 Å². The van der Waals surface area contributed by atoms with E-state index in [1.807, 2.05) is 18.7 Å². The van der Waals surface area contributed by atoms with Gasteiger partial charge in [-0.05, 0) is 43.4 Å². The summed E-state index contributed by atoms with van der Waals surface area (Å²) in [6, 6.07) is 0.0318. The van der Waals surface area contributed by atoms with Crippen molar-refractivity contribution in [1.82, 2.24) is 4.90 Å². The number of amides is 1. The van der Waals surface area contributed by atoms with E-state index in [4.69, 9.17) is 11.5 Å². The standard InChI is InChI=1S/C14H27N3O/c1-10(2)12(16)13(18)17-8-7-14(9-17)5-3-11(15)4-6-14/h10-12H,3-9,15-16H2,1-2H3. The SMILES string of the molecule is CC(C)C(N)C(=O)N1CCC2(CCC(N)CC2)C1. The van der Waals surface area contributed by atoms with Gasteiger partial charge in [0.1, 0.15) is 0 Å². The lowest BCUT2D eigenvalue weighted by Gasteiger charge is -2.36. The van der Waals surface area contributed by atoms with Crippen molar-refractivity contribution in [3.05, 3.63) is 0 Å². The molecule has 0 aromatic rings. The Morgan fingerprint density at radius 2 is 1.89 bits per heavy atom. The second kappa shape index (κ2) is 5.17. The van der Waals surface area contributed by atoms with Crippen LogP contribution in [0.5, 0.6) is 0 Å². The summed E-state index contributed by atoms with van der Waals surface area (Å²) in [5.74, 6) is 0.352. The molecule has 1 aliphatic carbocycles. The Balaban J connectivity index is 1.94. The summed E-state index contributed by atoms with van der Waals surface area (Å²) in [7, 11) is 0. The molecule has 0 radical (unpaired) electrons. The number of nitrogens with zero attached hydrogens (tertiary/aromatic N) is 1. The molecule has 104 valence electrons. The molecule has 18 heavy (non-hydrogen) atoms. The van der Waals surface area contributed by atoms with Gasteiger partial charge < -0.3 is 16.4 Å². The first-order chi connectivity index (χ1) is 8.43. The average Bonchev–Trinajstić information content (AvgIpc) is 2.76. The maximum absolute atomic E-state index is 12.3. The molecule has 1 amide bonds. The van der Waals surface area contributed by atoms with Crippen LogP contribution < -0.4 is 11.5 Å². The van der Waals surface area contributed by atoms with Gasteiger partial charge in [-0.1, -0.05) is 13.8 Å². The molecule has 1 aliphatic heterocycles. The Morgan fingerprint density at radius 3 is 2.44 bits per heavy atom. The van der Waals surface area contributed by atoms with Crippen LogP contribution in [0, 0.1) is 11.3 Å². The fraction of sp³-hybridized carbons (Fsp3) is 0.929. The van der Waals surface area contributed by atoms with Crippen molar-refractivity contribution >= 4 is 5.91 Å². The minimum absolute atomic E-state index is 0.136. The van der Waals surface area contributed by atoms with E-state index in [1.165, 1.54) is 12.8 Å². The molecule has 4 nitrogen and oxygen atoms in total. The number of carbonyl (C=O) groups excluding carboxylic acids is 1. The summed E-state index contributed by atoms with van der Waals surface area (Å²) < 4.78 is 0.